The Morgan fingerprint density at radius 2 is 1.76 bits per heavy atom. The fourth-order valence-corrected chi connectivity index (χ4v) is 4.49. The van der Waals surface area contributed by atoms with Crippen molar-refractivity contribution in [3.8, 4) is 5.75 Å². The molecule has 0 aliphatic carbocycles. The second-order valence-electron chi connectivity index (χ2n) is 7.68. The molecule has 0 bridgehead atoms. The standard InChI is InChI=1S/C23H29Cl2N3O5S/c1-5-13-26-23(30)16(2)27(14-17-9-11-18(33-3)12-10-17)21(29)15-28(34(4,31)32)20-8-6-7-19(24)22(20)25/h6-12,16H,5,13-15H2,1-4H3,(H,26,30)/t16-/m1/s1. The summed E-state index contributed by atoms with van der Waals surface area (Å²) in [6.07, 6.45) is 1.71. The van der Waals surface area contributed by atoms with Crippen molar-refractivity contribution in [1.82, 2.24) is 10.2 Å². The predicted octanol–water partition coefficient (Wildman–Crippen LogP) is 3.71. The van der Waals surface area contributed by atoms with E-state index in [0.29, 0.717) is 12.3 Å². The summed E-state index contributed by atoms with van der Waals surface area (Å²) >= 11 is 12.3. The van der Waals surface area contributed by atoms with Gasteiger partial charge in [0.05, 0.1) is 29.1 Å². The van der Waals surface area contributed by atoms with Crippen LogP contribution in [-0.2, 0) is 26.2 Å². The summed E-state index contributed by atoms with van der Waals surface area (Å²) in [5, 5.41) is 2.95. The number of nitrogens with zero attached hydrogens (tertiary/aromatic N) is 2. The van der Waals surface area contributed by atoms with E-state index in [0.717, 1.165) is 22.5 Å². The topological polar surface area (TPSA) is 96.0 Å². The molecule has 0 heterocycles. The van der Waals surface area contributed by atoms with E-state index in [1.165, 1.54) is 17.0 Å². The van der Waals surface area contributed by atoms with Crippen molar-refractivity contribution in [2.24, 2.45) is 0 Å². The van der Waals surface area contributed by atoms with E-state index in [1.54, 1.807) is 44.4 Å². The molecule has 0 radical (unpaired) electrons. The summed E-state index contributed by atoms with van der Waals surface area (Å²) < 4.78 is 31.2. The van der Waals surface area contributed by atoms with Crippen molar-refractivity contribution in [2.75, 3.05) is 30.8 Å². The zero-order valence-electron chi connectivity index (χ0n) is 19.5. The average Bonchev–Trinajstić information content (AvgIpc) is 2.80. The highest BCUT2D eigenvalue weighted by molar-refractivity contribution is 7.92. The molecule has 0 spiro atoms. The maximum absolute atomic E-state index is 13.5. The first-order valence-corrected chi connectivity index (χ1v) is 13.2. The maximum Gasteiger partial charge on any atom is 0.244 e. The second kappa shape index (κ2) is 12.3. The van der Waals surface area contributed by atoms with Gasteiger partial charge in [0.1, 0.15) is 18.3 Å². The van der Waals surface area contributed by atoms with Gasteiger partial charge in [-0.15, -0.1) is 0 Å². The van der Waals surface area contributed by atoms with E-state index in [1.807, 2.05) is 6.92 Å². The zero-order chi connectivity index (χ0) is 25.5. The quantitative estimate of drug-likeness (QED) is 0.478. The first kappa shape index (κ1) is 27.8. The summed E-state index contributed by atoms with van der Waals surface area (Å²) in [5.74, 6) is -0.263. The summed E-state index contributed by atoms with van der Waals surface area (Å²) in [4.78, 5) is 27.5. The average molecular weight is 530 g/mol. The molecular weight excluding hydrogens is 501 g/mol. The first-order valence-electron chi connectivity index (χ1n) is 10.6. The van der Waals surface area contributed by atoms with Crippen LogP contribution in [0, 0.1) is 0 Å². The van der Waals surface area contributed by atoms with E-state index >= 15 is 0 Å². The van der Waals surface area contributed by atoms with Crippen LogP contribution >= 0.6 is 23.2 Å². The summed E-state index contributed by atoms with van der Waals surface area (Å²) in [5.41, 5.74) is 0.827. The highest BCUT2D eigenvalue weighted by Gasteiger charge is 2.31. The Morgan fingerprint density at radius 3 is 2.32 bits per heavy atom. The van der Waals surface area contributed by atoms with Crippen molar-refractivity contribution < 1.29 is 22.7 Å². The Bertz CT molecular complexity index is 1110. The Kier molecular flexibility index (Phi) is 10.0. The molecular formula is C23H29Cl2N3O5S. The Balaban J connectivity index is 2.40. The Hall–Kier alpha value is -2.49. The van der Waals surface area contributed by atoms with Crippen molar-refractivity contribution in [1.29, 1.82) is 0 Å². The van der Waals surface area contributed by atoms with Gasteiger partial charge in [-0.05, 0) is 43.2 Å². The summed E-state index contributed by atoms with van der Waals surface area (Å²) in [7, 11) is -2.35. The second-order valence-corrected chi connectivity index (χ2v) is 10.4. The van der Waals surface area contributed by atoms with Gasteiger partial charge >= 0.3 is 0 Å². The smallest absolute Gasteiger partial charge is 0.244 e. The number of carbonyl (C=O) groups is 2. The van der Waals surface area contributed by atoms with E-state index < -0.39 is 28.5 Å². The van der Waals surface area contributed by atoms with Crippen molar-refractivity contribution >= 4 is 50.7 Å². The first-order chi connectivity index (χ1) is 16.0. The lowest BCUT2D eigenvalue weighted by molar-refractivity contribution is -0.139. The molecule has 1 atom stereocenters. The van der Waals surface area contributed by atoms with Gasteiger partial charge in [0, 0.05) is 13.1 Å². The molecule has 0 aliphatic rings. The molecule has 2 aromatic carbocycles. The molecule has 2 amide bonds. The van der Waals surface area contributed by atoms with Gasteiger partial charge in [-0.3, -0.25) is 13.9 Å². The van der Waals surface area contributed by atoms with Crippen LogP contribution in [0.25, 0.3) is 0 Å². The monoisotopic (exact) mass is 529 g/mol. The molecule has 2 rings (SSSR count). The fourth-order valence-electron chi connectivity index (χ4n) is 3.19. The maximum atomic E-state index is 13.5. The van der Waals surface area contributed by atoms with Gasteiger partial charge in [-0.25, -0.2) is 8.42 Å². The van der Waals surface area contributed by atoms with Crippen molar-refractivity contribution in [3.63, 3.8) is 0 Å². The molecule has 34 heavy (non-hydrogen) atoms. The van der Waals surface area contributed by atoms with Gasteiger partial charge in [0.15, 0.2) is 0 Å². The number of nitrogens with one attached hydrogen (secondary N) is 1. The third-order valence-electron chi connectivity index (χ3n) is 5.11. The highest BCUT2D eigenvalue weighted by atomic mass is 35.5. The van der Waals surface area contributed by atoms with E-state index in [9.17, 15) is 18.0 Å². The molecule has 0 saturated heterocycles. The lowest BCUT2D eigenvalue weighted by Gasteiger charge is -2.31. The number of carbonyl (C=O) groups excluding carboxylic acids is 2. The Morgan fingerprint density at radius 1 is 1.12 bits per heavy atom. The largest absolute Gasteiger partial charge is 0.497 e. The molecule has 0 saturated carbocycles. The van der Waals surface area contributed by atoms with Crippen LogP contribution in [0.4, 0.5) is 5.69 Å². The number of amides is 2. The SMILES string of the molecule is CCCNC(=O)[C@@H](C)N(Cc1ccc(OC)cc1)C(=O)CN(c1cccc(Cl)c1Cl)S(C)(=O)=O. The van der Waals surface area contributed by atoms with Gasteiger partial charge in [0.2, 0.25) is 21.8 Å². The van der Waals surface area contributed by atoms with Crippen molar-refractivity contribution in [2.45, 2.75) is 32.9 Å². The van der Waals surface area contributed by atoms with Crippen LogP contribution in [0.3, 0.4) is 0 Å². The molecule has 0 unspecified atom stereocenters. The normalized spacial score (nSPS) is 12.1. The molecule has 8 nitrogen and oxygen atoms in total. The lowest BCUT2D eigenvalue weighted by atomic mass is 10.1. The minimum absolute atomic E-state index is 0.0119. The van der Waals surface area contributed by atoms with Crippen LogP contribution in [0.15, 0.2) is 42.5 Å². The number of hydrogen-bond donors (Lipinski definition) is 1. The minimum Gasteiger partial charge on any atom is -0.497 e. The van der Waals surface area contributed by atoms with Gasteiger partial charge < -0.3 is 15.0 Å². The zero-order valence-corrected chi connectivity index (χ0v) is 21.9. The van der Waals surface area contributed by atoms with Crippen LogP contribution in [0.5, 0.6) is 5.75 Å². The number of sulfonamides is 1. The minimum atomic E-state index is -3.90. The van der Waals surface area contributed by atoms with Crippen LogP contribution in [0.1, 0.15) is 25.8 Å². The molecule has 186 valence electrons. The molecule has 0 fully saturated rings. The van der Waals surface area contributed by atoms with Gasteiger partial charge in [-0.1, -0.05) is 48.3 Å². The molecule has 0 aliphatic heterocycles. The predicted molar refractivity (Wildman–Crippen MR) is 135 cm³/mol. The van der Waals surface area contributed by atoms with Gasteiger partial charge in [0.25, 0.3) is 0 Å². The number of anilines is 1. The van der Waals surface area contributed by atoms with E-state index in [-0.39, 0.29) is 28.2 Å². The van der Waals surface area contributed by atoms with E-state index in [4.69, 9.17) is 27.9 Å². The number of methoxy groups -OCH3 is 1. The Labute approximate surface area is 210 Å². The van der Waals surface area contributed by atoms with Gasteiger partial charge in [-0.2, -0.15) is 0 Å². The third kappa shape index (κ3) is 7.25. The molecule has 1 N–H and O–H groups in total. The van der Waals surface area contributed by atoms with Crippen molar-refractivity contribution in [3.05, 3.63) is 58.1 Å². The number of benzene rings is 2. The molecule has 2 aromatic rings. The third-order valence-corrected chi connectivity index (χ3v) is 7.04. The van der Waals surface area contributed by atoms with Crippen LogP contribution in [-0.4, -0.2) is 57.6 Å². The summed E-state index contributed by atoms with van der Waals surface area (Å²) in [6.45, 7) is 3.51. The number of rotatable bonds is 11. The molecule has 11 heteroatoms. The summed E-state index contributed by atoms with van der Waals surface area (Å²) in [6, 6.07) is 10.7. The highest BCUT2D eigenvalue weighted by Crippen LogP contribution is 2.33. The number of halogens is 2. The van der Waals surface area contributed by atoms with E-state index in [2.05, 4.69) is 5.32 Å². The fraction of sp³-hybridized carbons (Fsp3) is 0.391. The van der Waals surface area contributed by atoms with Crippen LogP contribution < -0.4 is 14.4 Å². The number of ether oxygens (including phenoxy) is 1. The van der Waals surface area contributed by atoms with Crippen LogP contribution in [0.2, 0.25) is 10.0 Å². The number of hydrogen-bond acceptors (Lipinski definition) is 5. The molecule has 0 aromatic heterocycles. The lowest BCUT2D eigenvalue weighted by Crippen LogP contribution is -2.51.